The molecule has 3 nitrogen and oxygen atoms in total. The first-order chi connectivity index (χ1) is 6.11. The number of nitrogens with two attached hydrogens (primary N) is 1. The smallest absolute Gasteiger partial charge is 0.423 e. The summed E-state index contributed by atoms with van der Waals surface area (Å²) in [4.78, 5) is 0. The largest absolute Gasteiger partial charge is 0.493 e. The molecule has 5 heteroatoms. The lowest BCUT2D eigenvalue weighted by Crippen LogP contribution is -2.29. The first kappa shape index (κ1) is 8.87. The van der Waals surface area contributed by atoms with Crippen molar-refractivity contribution in [1.29, 1.82) is 0 Å². The normalized spacial score (nSPS) is 20.5. The number of halogens is 1. The molecular formula is C8H9BClNO2. The predicted octanol–water partition coefficient (Wildman–Crippen LogP) is 0.701. The second-order valence-electron chi connectivity index (χ2n) is 3.09. The fraction of sp³-hybridized carbons (Fsp3) is 0.250. The van der Waals surface area contributed by atoms with Crippen LogP contribution >= 0.6 is 11.6 Å². The second-order valence-corrected chi connectivity index (χ2v) is 3.50. The van der Waals surface area contributed by atoms with Crippen molar-refractivity contribution in [3.05, 3.63) is 22.7 Å². The molecule has 1 unspecified atom stereocenters. The fourth-order valence-electron chi connectivity index (χ4n) is 1.66. The summed E-state index contributed by atoms with van der Waals surface area (Å²) in [6, 6.07) is 3.39. The monoisotopic (exact) mass is 197 g/mol. The van der Waals surface area contributed by atoms with Gasteiger partial charge in [-0.15, -0.1) is 0 Å². The summed E-state index contributed by atoms with van der Waals surface area (Å²) in [7, 11) is -0.944. The van der Waals surface area contributed by atoms with Crippen LogP contribution in [0.1, 0.15) is 18.6 Å². The highest BCUT2D eigenvalue weighted by Gasteiger charge is 2.36. The van der Waals surface area contributed by atoms with Gasteiger partial charge < -0.3 is 15.4 Å². The average molecular weight is 197 g/mol. The van der Waals surface area contributed by atoms with Crippen LogP contribution in [0.3, 0.4) is 0 Å². The molecule has 0 bridgehead atoms. The Bertz CT molecular complexity index is 325. The number of nitrogen functional groups attached to an aromatic ring is 1. The minimum atomic E-state index is -0.944. The van der Waals surface area contributed by atoms with Crippen molar-refractivity contribution in [2.45, 2.75) is 13.0 Å². The molecular weight excluding hydrogens is 188 g/mol. The highest BCUT2D eigenvalue weighted by molar-refractivity contribution is 6.65. The van der Waals surface area contributed by atoms with Crippen molar-refractivity contribution in [3.8, 4) is 0 Å². The maximum Gasteiger partial charge on any atom is 0.493 e. The number of hydrogen-bond acceptors (Lipinski definition) is 3. The van der Waals surface area contributed by atoms with Gasteiger partial charge in [0.05, 0.1) is 6.10 Å². The molecule has 13 heavy (non-hydrogen) atoms. The number of benzene rings is 1. The zero-order chi connectivity index (χ0) is 9.59. The molecule has 0 spiro atoms. The molecule has 0 aliphatic carbocycles. The summed E-state index contributed by atoms with van der Waals surface area (Å²) in [5, 5.41) is 10.00. The maximum absolute atomic E-state index is 9.49. The summed E-state index contributed by atoms with van der Waals surface area (Å²) >= 11 is 5.91. The van der Waals surface area contributed by atoms with E-state index in [-0.39, 0.29) is 6.10 Å². The Hall–Kier alpha value is -0.705. The van der Waals surface area contributed by atoms with Gasteiger partial charge in [0.1, 0.15) is 0 Å². The van der Waals surface area contributed by atoms with E-state index >= 15 is 0 Å². The summed E-state index contributed by atoms with van der Waals surface area (Å²) in [6.07, 6.45) is -0.191. The maximum atomic E-state index is 9.49. The van der Waals surface area contributed by atoms with E-state index in [0.29, 0.717) is 16.2 Å². The summed E-state index contributed by atoms with van der Waals surface area (Å²) in [5.74, 6) is 0. The fourth-order valence-corrected chi connectivity index (χ4v) is 1.92. The lowest BCUT2D eigenvalue weighted by Gasteiger charge is -2.07. The van der Waals surface area contributed by atoms with E-state index in [1.807, 2.05) is 6.92 Å². The van der Waals surface area contributed by atoms with Gasteiger partial charge in [-0.2, -0.15) is 0 Å². The highest BCUT2D eigenvalue weighted by atomic mass is 35.5. The Kier molecular flexibility index (Phi) is 1.98. The molecule has 0 radical (unpaired) electrons. The average Bonchev–Trinajstić information content (AvgIpc) is 2.36. The molecule has 2 rings (SSSR count). The third-order valence-corrected chi connectivity index (χ3v) is 2.58. The van der Waals surface area contributed by atoms with E-state index in [2.05, 4.69) is 0 Å². The molecule has 68 valence electrons. The molecule has 1 aliphatic heterocycles. The topological polar surface area (TPSA) is 55.5 Å². The van der Waals surface area contributed by atoms with Crippen molar-refractivity contribution in [3.63, 3.8) is 0 Å². The van der Waals surface area contributed by atoms with Crippen LogP contribution in [0.4, 0.5) is 5.69 Å². The Morgan fingerprint density at radius 3 is 2.92 bits per heavy atom. The van der Waals surface area contributed by atoms with Gasteiger partial charge in [0.15, 0.2) is 0 Å². The number of anilines is 1. The molecule has 0 aromatic heterocycles. The van der Waals surface area contributed by atoms with Crippen molar-refractivity contribution in [2.75, 3.05) is 5.73 Å². The standard InChI is InChI=1S/C8H9BClNO2/c1-4-7-6(11)3-2-5(10)8(7)9(12)13-4/h2-4,12H,11H2,1H3. The molecule has 0 saturated heterocycles. The van der Waals surface area contributed by atoms with Gasteiger partial charge in [-0.3, -0.25) is 0 Å². The lowest BCUT2D eigenvalue weighted by atomic mass is 9.79. The van der Waals surface area contributed by atoms with E-state index in [1.54, 1.807) is 12.1 Å². The van der Waals surface area contributed by atoms with E-state index < -0.39 is 7.12 Å². The van der Waals surface area contributed by atoms with E-state index in [0.717, 1.165) is 5.56 Å². The van der Waals surface area contributed by atoms with Gasteiger partial charge in [0, 0.05) is 21.7 Å². The van der Waals surface area contributed by atoms with Crippen LogP contribution in [0.15, 0.2) is 12.1 Å². The summed E-state index contributed by atoms with van der Waals surface area (Å²) in [5.41, 5.74) is 7.77. The lowest BCUT2D eigenvalue weighted by molar-refractivity contribution is 0.209. The third-order valence-electron chi connectivity index (χ3n) is 2.25. The van der Waals surface area contributed by atoms with Crippen LogP contribution < -0.4 is 11.2 Å². The Morgan fingerprint density at radius 2 is 2.31 bits per heavy atom. The molecule has 0 fully saturated rings. The minimum Gasteiger partial charge on any atom is -0.423 e. The van der Waals surface area contributed by atoms with Gasteiger partial charge in [-0.05, 0) is 19.1 Å². The third kappa shape index (κ3) is 1.22. The predicted molar refractivity (Wildman–Crippen MR) is 53.0 cm³/mol. The highest BCUT2D eigenvalue weighted by Crippen LogP contribution is 2.30. The molecule has 1 heterocycles. The van der Waals surface area contributed by atoms with Gasteiger partial charge in [0.25, 0.3) is 0 Å². The summed E-state index contributed by atoms with van der Waals surface area (Å²) in [6.45, 7) is 1.84. The molecule has 3 N–H and O–H groups in total. The van der Waals surface area contributed by atoms with E-state index in [1.165, 1.54) is 0 Å². The van der Waals surface area contributed by atoms with Crippen molar-refractivity contribution >= 4 is 29.9 Å². The SMILES string of the molecule is CC1OB(O)c2c(Cl)ccc(N)c21. The van der Waals surface area contributed by atoms with Crippen LogP contribution in [0.25, 0.3) is 0 Å². The van der Waals surface area contributed by atoms with Crippen molar-refractivity contribution < 1.29 is 9.68 Å². The van der Waals surface area contributed by atoms with E-state index in [9.17, 15) is 5.02 Å². The number of fused-ring (bicyclic) bond motifs is 1. The minimum absolute atomic E-state index is 0.191. The molecule has 1 aliphatic rings. The Labute approximate surface area is 81.6 Å². The number of hydrogen-bond donors (Lipinski definition) is 2. The molecule has 1 aromatic rings. The van der Waals surface area contributed by atoms with Crippen LogP contribution in [0.5, 0.6) is 0 Å². The van der Waals surface area contributed by atoms with Gasteiger partial charge in [-0.1, -0.05) is 11.6 Å². The Balaban J connectivity index is 2.67. The number of rotatable bonds is 0. The van der Waals surface area contributed by atoms with Crippen molar-refractivity contribution in [1.82, 2.24) is 0 Å². The Morgan fingerprint density at radius 1 is 1.62 bits per heavy atom. The summed E-state index contributed by atoms with van der Waals surface area (Å²) < 4.78 is 5.18. The zero-order valence-corrected chi connectivity index (χ0v) is 7.88. The van der Waals surface area contributed by atoms with Crippen LogP contribution in [-0.2, 0) is 4.65 Å². The second kappa shape index (κ2) is 2.91. The van der Waals surface area contributed by atoms with Crippen molar-refractivity contribution in [2.24, 2.45) is 0 Å². The molecule has 0 saturated carbocycles. The van der Waals surface area contributed by atoms with Crippen LogP contribution in [-0.4, -0.2) is 12.1 Å². The zero-order valence-electron chi connectivity index (χ0n) is 7.12. The van der Waals surface area contributed by atoms with E-state index in [4.69, 9.17) is 22.0 Å². The first-order valence-corrected chi connectivity index (χ1v) is 4.40. The first-order valence-electron chi connectivity index (χ1n) is 4.02. The quantitative estimate of drug-likeness (QED) is 0.475. The van der Waals surface area contributed by atoms with Crippen LogP contribution in [0.2, 0.25) is 5.02 Å². The molecule has 0 amide bonds. The van der Waals surface area contributed by atoms with Gasteiger partial charge in [-0.25, -0.2) is 0 Å². The molecule has 1 atom stereocenters. The van der Waals surface area contributed by atoms with Gasteiger partial charge in [0.2, 0.25) is 0 Å². The van der Waals surface area contributed by atoms with Crippen LogP contribution in [0, 0.1) is 0 Å². The van der Waals surface area contributed by atoms with Gasteiger partial charge >= 0.3 is 7.12 Å². The molecule has 1 aromatic carbocycles.